The largest absolute Gasteiger partial charge is 0.479 e. The summed E-state index contributed by atoms with van der Waals surface area (Å²) in [7, 11) is 0. The molecule has 1 unspecified atom stereocenters. The number of hydrogen-bond donors (Lipinski definition) is 2. The molecule has 12 heavy (non-hydrogen) atoms. The lowest BCUT2D eigenvalue weighted by atomic mass is 10.1. The molecule has 4 heteroatoms. The molecule has 0 saturated carbocycles. The van der Waals surface area contributed by atoms with Crippen LogP contribution in [0.4, 0.5) is 0 Å². The monoisotopic (exact) mass is 183 g/mol. The smallest absolute Gasteiger partial charge is 0.337 e. The number of carboxylic acids is 1. The first-order chi connectivity index (χ1) is 5.77. The van der Waals surface area contributed by atoms with Crippen molar-refractivity contribution in [2.24, 2.45) is 0 Å². The fraction of sp³-hybridized carbons (Fsp3) is 0.375. The highest BCUT2D eigenvalue weighted by atomic mass is 32.2. The maximum atomic E-state index is 10.6. The van der Waals surface area contributed by atoms with E-state index >= 15 is 0 Å². The number of nitrogens with one attached hydrogen (secondary N) is 1. The Balaban J connectivity index is 2.12. The number of carbonyl (C=O) groups is 1. The quantitative estimate of drug-likeness (QED) is 0.643. The van der Waals surface area contributed by atoms with Gasteiger partial charge in [0.05, 0.1) is 0 Å². The zero-order valence-corrected chi connectivity index (χ0v) is 7.23. The molecule has 0 spiro atoms. The van der Waals surface area contributed by atoms with Crippen molar-refractivity contribution in [3.05, 3.63) is 22.8 Å². The molecule has 1 atom stereocenters. The summed E-state index contributed by atoms with van der Waals surface area (Å²) in [5.41, 5.74) is 1.09. The van der Waals surface area contributed by atoms with E-state index in [2.05, 4.69) is 11.4 Å². The summed E-state index contributed by atoms with van der Waals surface area (Å²) in [5.74, 6) is -0.789. The van der Waals surface area contributed by atoms with Gasteiger partial charge >= 0.3 is 5.97 Å². The van der Waals surface area contributed by atoms with E-state index in [1.165, 1.54) is 11.8 Å². The summed E-state index contributed by atoms with van der Waals surface area (Å²) in [6, 6.07) is 0. The second-order valence-electron chi connectivity index (χ2n) is 2.76. The lowest BCUT2D eigenvalue weighted by molar-refractivity contribution is -0.136. The summed E-state index contributed by atoms with van der Waals surface area (Å²) in [6.45, 7) is 0. The Morgan fingerprint density at radius 3 is 3.25 bits per heavy atom. The standard InChI is InChI=1S/C8H9NO2S/c10-8(11)7-9-5-3-1-2-4-6(5)12-7/h2,4,7,9H,1,3H2,(H,10,11). The second-order valence-corrected chi connectivity index (χ2v) is 3.91. The molecule has 0 radical (unpaired) electrons. The number of carboxylic acid groups (broad SMARTS) is 1. The van der Waals surface area contributed by atoms with Crippen LogP contribution in [-0.4, -0.2) is 16.4 Å². The average Bonchev–Trinajstić information content (AvgIpc) is 2.46. The van der Waals surface area contributed by atoms with E-state index in [0.717, 1.165) is 23.4 Å². The number of hydrogen-bond acceptors (Lipinski definition) is 3. The van der Waals surface area contributed by atoms with E-state index in [1.54, 1.807) is 0 Å². The third kappa shape index (κ3) is 1.22. The van der Waals surface area contributed by atoms with Gasteiger partial charge in [0.1, 0.15) is 0 Å². The molecule has 2 N–H and O–H groups in total. The number of rotatable bonds is 1. The topological polar surface area (TPSA) is 49.3 Å². The first-order valence-electron chi connectivity index (χ1n) is 3.83. The molecule has 2 rings (SSSR count). The maximum Gasteiger partial charge on any atom is 0.337 e. The zero-order valence-electron chi connectivity index (χ0n) is 6.41. The summed E-state index contributed by atoms with van der Waals surface area (Å²) in [6.07, 6.45) is 6.04. The summed E-state index contributed by atoms with van der Waals surface area (Å²) in [4.78, 5) is 11.7. The van der Waals surface area contributed by atoms with E-state index in [-0.39, 0.29) is 0 Å². The van der Waals surface area contributed by atoms with Crippen molar-refractivity contribution in [3.63, 3.8) is 0 Å². The van der Waals surface area contributed by atoms with Gasteiger partial charge in [0.15, 0.2) is 5.37 Å². The lowest BCUT2D eigenvalue weighted by Gasteiger charge is -2.07. The van der Waals surface area contributed by atoms with Crippen molar-refractivity contribution < 1.29 is 9.90 Å². The van der Waals surface area contributed by atoms with Crippen LogP contribution in [0.25, 0.3) is 0 Å². The van der Waals surface area contributed by atoms with Crippen LogP contribution < -0.4 is 5.32 Å². The summed E-state index contributed by atoms with van der Waals surface area (Å²) in [5, 5.41) is 11.2. The van der Waals surface area contributed by atoms with Gasteiger partial charge in [-0.05, 0) is 12.8 Å². The van der Waals surface area contributed by atoms with Gasteiger partial charge < -0.3 is 10.4 Å². The molecular weight excluding hydrogens is 174 g/mol. The predicted octanol–water partition coefficient (Wildman–Crippen LogP) is 1.30. The van der Waals surface area contributed by atoms with Crippen LogP contribution in [0.3, 0.4) is 0 Å². The first kappa shape index (κ1) is 7.73. The van der Waals surface area contributed by atoms with Crippen LogP contribution in [-0.2, 0) is 4.79 Å². The van der Waals surface area contributed by atoms with E-state index in [4.69, 9.17) is 5.11 Å². The highest BCUT2D eigenvalue weighted by molar-refractivity contribution is 8.04. The van der Waals surface area contributed by atoms with E-state index in [0.29, 0.717) is 0 Å². The van der Waals surface area contributed by atoms with Crippen molar-refractivity contribution >= 4 is 17.7 Å². The molecule has 64 valence electrons. The number of aliphatic carboxylic acids is 1. The van der Waals surface area contributed by atoms with E-state index < -0.39 is 11.3 Å². The SMILES string of the molecule is O=C(O)C1NC2=C(C=CCC2)S1. The molecule has 0 bridgehead atoms. The predicted molar refractivity (Wildman–Crippen MR) is 47.6 cm³/mol. The second kappa shape index (κ2) is 2.86. The van der Waals surface area contributed by atoms with Gasteiger partial charge in [-0.3, -0.25) is 0 Å². The van der Waals surface area contributed by atoms with Crippen molar-refractivity contribution in [3.8, 4) is 0 Å². The molecule has 0 fully saturated rings. The zero-order chi connectivity index (χ0) is 8.55. The van der Waals surface area contributed by atoms with Crippen LogP contribution in [0.2, 0.25) is 0 Å². The van der Waals surface area contributed by atoms with E-state index in [1.807, 2.05) is 6.08 Å². The fourth-order valence-electron chi connectivity index (χ4n) is 1.32. The summed E-state index contributed by atoms with van der Waals surface area (Å²) < 4.78 is 0. The molecule has 1 aliphatic heterocycles. The van der Waals surface area contributed by atoms with Gasteiger partial charge in [0, 0.05) is 10.6 Å². The Hall–Kier alpha value is -0.900. The van der Waals surface area contributed by atoms with Crippen LogP contribution in [0.15, 0.2) is 22.8 Å². The molecule has 0 saturated heterocycles. The average molecular weight is 183 g/mol. The minimum Gasteiger partial charge on any atom is -0.479 e. The molecule has 1 aliphatic carbocycles. The van der Waals surface area contributed by atoms with Gasteiger partial charge in [-0.2, -0.15) is 0 Å². The van der Waals surface area contributed by atoms with Crippen molar-refractivity contribution in [2.75, 3.05) is 0 Å². The number of allylic oxidation sites excluding steroid dienone is 3. The highest BCUT2D eigenvalue weighted by Gasteiger charge is 2.28. The fourth-order valence-corrected chi connectivity index (χ4v) is 2.36. The molecule has 2 aliphatic rings. The van der Waals surface area contributed by atoms with Crippen LogP contribution in [0.5, 0.6) is 0 Å². The van der Waals surface area contributed by atoms with Crippen molar-refractivity contribution in [1.82, 2.24) is 5.32 Å². The van der Waals surface area contributed by atoms with Crippen LogP contribution in [0.1, 0.15) is 12.8 Å². The third-order valence-electron chi connectivity index (χ3n) is 1.90. The summed E-state index contributed by atoms with van der Waals surface area (Å²) >= 11 is 1.38. The van der Waals surface area contributed by atoms with Crippen molar-refractivity contribution in [1.29, 1.82) is 0 Å². The molecule has 1 heterocycles. The third-order valence-corrected chi connectivity index (χ3v) is 3.09. The van der Waals surface area contributed by atoms with Gasteiger partial charge in [0.2, 0.25) is 0 Å². The van der Waals surface area contributed by atoms with Gasteiger partial charge in [-0.25, -0.2) is 4.79 Å². The van der Waals surface area contributed by atoms with Gasteiger partial charge in [-0.1, -0.05) is 23.9 Å². The van der Waals surface area contributed by atoms with Crippen LogP contribution in [0, 0.1) is 0 Å². The Labute approximate surface area is 74.5 Å². The first-order valence-corrected chi connectivity index (χ1v) is 4.71. The molecule has 0 aromatic heterocycles. The van der Waals surface area contributed by atoms with Crippen LogP contribution >= 0.6 is 11.8 Å². The maximum absolute atomic E-state index is 10.6. The Morgan fingerprint density at radius 1 is 1.75 bits per heavy atom. The Kier molecular flexibility index (Phi) is 1.84. The van der Waals surface area contributed by atoms with Crippen molar-refractivity contribution in [2.45, 2.75) is 18.2 Å². The molecule has 0 aromatic carbocycles. The molecular formula is C8H9NO2S. The highest BCUT2D eigenvalue weighted by Crippen LogP contribution is 2.35. The number of thioether (sulfide) groups is 1. The molecule has 3 nitrogen and oxygen atoms in total. The molecule has 0 aromatic rings. The lowest BCUT2D eigenvalue weighted by Crippen LogP contribution is -2.28. The Morgan fingerprint density at radius 2 is 2.58 bits per heavy atom. The minimum atomic E-state index is -0.789. The normalized spacial score (nSPS) is 26.8. The minimum absolute atomic E-state index is 0.474. The van der Waals surface area contributed by atoms with E-state index in [9.17, 15) is 4.79 Å². The Bertz CT molecular complexity index is 283. The molecule has 0 amide bonds. The van der Waals surface area contributed by atoms with Gasteiger partial charge in [0.25, 0.3) is 0 Å². The van der Waals surface area contributed by atoms with Gasteiger partial charge in [-0.15, -0.1) is 0 Å².